The molecule has 1 aromatic heterocycles. The number of nitrogens with two attached hydrogens (primary N) is 1. The normalized spacial score (nSPS) is 11.2. The van der Waals surface area contributed by atoms with E-state index in [1.54, 1.807) is 20.9 Å². The Kier molecular flexibility index (Phi) is 4.52. The first kappa shape index (κ1) is 15.0. The summed E-state index contributed by atoms with van der Waals surface area (Å²) in [6, 6.07) is 0. The Balaban J connectivity index is 2.76. The average molecular weight is 267 g/mol. The number of carbonyl (C=O) groups is 2. The van der Waals surface area contributed by atoms with Gasteiger partial charge in [0.1, 0.15) is 5.69 Å². The molecular formula is C12H21N5O2. The van der Waals surface area contributed by atoms with Gasteiger partial charge in [-0.05, 0) is 20.8 Å². The van der Waals surface area contributed by atoms with E-state index in [0.29, 0.717) is 17.9 Å². The fraction of sp³-hybridized carbons (Fsp3) is 0.583. The van der Waals surface area contributed by atoms with Gasteiger partial charge in [0.15, 0.2) is 0 Å². The minimum absolute atomic E-state index is 0.134. The van der Waals surface area contributed by atoms with Crippen LogP contribution in [0.2, 0.25) is 0 Å². The molecule has 0 aliphatic heterocycles. The van der Waals surface area contributed by atoms with Crippen LogP contribution in [0, 0.1) is 5.41 Å². The van der Waals surface area contributed by atoms with Crippen LogP contribution in [0.15, 0.2) is 6.20 Å². The number of hydrogen-bond acceptors (Lipinski definition) is 4. The van der Waals surface area contributed by atoms with Gasteiger partial charge in [-0.3, -0.25) is 14.3 Å². The minimum Gasteiger partial charge on any atom is -0.396 e. The Hall–Kier alpha value is -2.05. The molecule has 0 saturated heterocycles. The lowest BCUT2D eigenvalue weighted by Crippen LogP contribution is -2.44. The molecule has 7 nitrogen and oxygen atoms in total. The van der Waals surface area contributed by atoms with Gasteiger partial charge in [0, 0.05) is 20.1 Å². The monoisotopic (exact) mass is 267 g/mol. The van der Waals surface area contributed by atoms with E-state index < -0.39 is 5.41 Å². The third kappa shape index (κ3) is 3.24. The second kappa shape index (κ2) is 5.73. The molecule has 2 amide bonds. The summed E-state index contributed by atoms with van der Waals surface area (Å²) < 4.78 is 1.53. The maximum Gasteiger partial charge on any atom is 0.271 e. The largest absolute Gasteiger partial charge is 0.396 e. The van der Waals surface area contributed by atoms with Crippen LogP contribution in [0.3, 0.4) is 0 Å². The number of anilines is 1. The predicted octanol–water partition coefficient (Wildman–Crippen LogP) is -0.0128. The van der Waals surface area contributed by atoms with Crippen molar-refractivity contribution in [3.8, 4) is 0 Å². The second-order valence-electron chi connectivity index (χ2n) is 4.91. The first-order valence-corrected chi connectivity index (χ1v) is 6.15. The molecule has 0 fully saturated rings. The molecule has 0 aliphatic rings. The van der Waals surface area contributed by atoms with Gasteiger partial charge in [-0.2, -0.15) is 5.10 Å². The van der Waals surface area contributed by atoms with Crippen LogP contribution in [0.25, 0.3) is 0 Å². The van der Waals surface area contributed by atoms with E-state index in [9.17, 15) is 9.59 Å². The third-order valence-corrected chi connectivity index (χ3v) is 2.91. The van der Waals surface area contributed by atoms with Crippen molar-refractivity contribution in [2.24, 2.45) is 5.41 Å². The zero-order valence-electron chi connectivity index (χ0n) is 11.8. The van der Waals surface area contributed by atoms with Crippen LogP contribution in [0.1, 0.15) is 31.3 Å². The highest BCUT2D eigenvalue weighted by Crippen LogP contribution is 2.15. The van der Waals surface area contributed by atoms with Gasteiger partial charge in [-0.15, -0.1) is 0 Å². The summed E-state index contributed by atoms with van der Waals surface area (Å²) in [5.41, 5.74) is 5.69. The Labute approximate surface area is 112 Å². The summed E-state index contributed by atoms with van der Waals surface area (Å²) >= 11 is 0. The zero-order valence-corrected chi connectivity index (χ0v) is 11.8. The molecule has 0 spiro atoms. The van der Waals surface area contributed by atoms with Crippen LogP contribution < -0.4 is 16.4 Å². The van der Waals surface area contributed by atoms with Crippen LogP contribution in [0.4, 0.5) is 5.69 Å². The van der Waals surface area contributed by atoms with E-state index >= 15 is 0 Å². The van der Waals surface area contributed by atoms with Crippen molar-refractivity contribution in [3.05, 3.63) is 11.9 Å². The number of carbonyl (C=O) groups excluding carboxylic acids is 2. The van der Waals surface area contributed by atoms with E-state index in [4.69, 9.17) is 5.73 Å². The van der Waals surface area contributed by atoms with Crippen LogP contribution in [0.5, 0.6) is 0 Å². The number of aromatic nitrogens is 2. The molecule has 19 heavy (non-hydrogen) atoms. The Morgan fingerprint density at radius 3 is 2.63 bits per heavy atom. The van der Waals surface area contributed by atoms with Gasteiger partial charge >= 0.3 is 0 Å². The van der Waals surface area contributed by atoms with E-state index in [-0.39, 0.29) is 18.4 Å². The quantitative estimate of drug-likeness (QED) is 0.698. The van der Waals surface area contributed by atoms with Crippen LogP contribution in [-0.4, -0.2) is 35.2 Å². The molecule has 0 bridgehead atoms. The number of nitrogens with one attached hydrogen (secondary N) is 2. The lowest BCUT2D eigenvalue weighted by atomic mass is 9.92. The minimum atomic E-state index is -0.684. The number of hydrogen-bond donors (Lipinski definition) is 3. The molecule has 0 aliphatic carbocycles. The van der Waals surface area contributed by atoms with Gasteiger partial charge < -0.3 is 16.4 Å². The van der Waals surface area contributed by atoms with Crippen molar-refractivity contribution in [3.63, 3.8) is 0 Å². The fourth-order valence-electron chi connectivity index (χ4n) is 1.69. The third-order valence-electron chi connectivity index (χ3n) is 2.91. The van der Waals surface area contributed by atoms with Crippen molar-refractivity contribution < 1.29 is 9.59 Å². The molecule has 0 aromatic carbocycles. The van der Waals surface area contributed by atoms with Gasteiger partial charge in [0.25, 0.3) is 5.91 Å². The van der Waals surface area contributed by atoms with Gasteiger partial charge in [0.05, 0.1) is 17.3 Å². The fourth-order valence-corrected chi connectivity index (χ4v) is 1.69. The summed E-state index contributed by atoms with van der Waals surface area (Å²) in [5.74, 6) is -0.460. The average Bonchev–Trinajstić information content (AvgIpc) is 2.76. The van der Waals surface area contributed by atoms with E-state index in [1.165, 1.54) is 10.9 Å². The maximum absolute atomic E-state index is 12.1. The molecule has 1 aromatic rings. The molecule has 0 atom stereocenters. The Morgan fingerprint density at radius 2 is 2.11 bits per heavy atom. The molecule has 4 N–H and O–H groups in total. The zero-order chi connectivity index (χ0) is 14.6. The standard InChI is InChI=1S/C12H21N5O2/c1-5-17-9(8(13)6-16-17)10(18)15-7-12(2,3)11(19)14-4/h6H,5,7,13H2,1-4H3,(H,14,19)(H,15,18). The molecule has 0 radical (unpaired) electrons. The smallest absolute Gasteiger partial charge is 0.271 e. The lowest BCUT2D eigenvalue weighted by molar-refractivity contribution is -0.128. The molecular weight excluding hydrogens is 246 g/mol. The molecule has 106 valence electrons. The topological polar surface area (TPSA) is 102 Å². The van der Waals surface area contributed by atoms with Crippen molar-refractivity contribution in [1.82, 2.24) is 20.4 Å². The van der Waals surface area contributed by atoms with Crippen molar-refractivity contribution in [2.45, 2.75) is 27.3 Å². The Bertz CT molecular complexity index is 478. The van der Waals surface area contributed by atoms with Crippen molar-refractivity contribution >= 4 is 17.5 Å². The Morgan fingerprint density at radius 1 is 1.47 bits per heavy atom. The SMILES string of the molecule is CCn1ncc(N)c1C(=O)NCC(C)(C)C(=O)NC. The summed E-state index contributed by atoms with van der Waals surface area (Å²) in [6.45, 7) is 6.16. The summed E-state index contributed by atoms with van der Waals surface area (Å²) in [6.07, 6.45) is 1.45. The van der Waals surface area contributed by atoms with E-state index in [2.05, 4.69) is 15.7 Å². The summed E-state index contributed by atoms with van der Waals surface area (Å²) in [4.78, 5) is 23.7. The molecule has 0 saturated carbocycles. The van der Waals surface area contributed by atoms with E-state index in [1.807, 2.05) is 6.92 Å². The molecule has 1 rings (SSSR count). The first-order valence-electron chi connectivity index (χ1n) is 6.15. The highest BCUT2D eigenvalue weighted by molar-refractivity contribution is 5.97. The maximum atomic E-state index is 12.1. The van der Waals surface area contributed by atoms with Crippen LogP contribution in [-0.2, 0) is 11.3 Å². The summed E-state index contributed by atoms with van der Waals surface area (Å²) in [7, 11) is 1.57. The summed E-state index contributed by atoms with van der Waals surface area (Å²) in [5, 5.41) is 9.28. The highest BCUT2D eigenvalue weighted by Gasteiger charge is 2.28. The van der Waals surface area contributed by atoms with E-state index in [0.717, 1.165) is 0 Å². The highest BCUT2D eigenvalue weighted by atomic mass is 16.2. The predicted molar refractivity (Wildman–Crippen MR) is 72.5 cm³/mol. The van der Waals surface area contributed by atoms with Gasteiger partial charge in [-0.1, -0.05) is 0 Å². The van der Waals surface area contributed by atoms with Crippen molar-refractivity contribution in [2.75, 3.05) is 19.3 Å². The van der Waals surface area contributed by atoms with Gasteiger partial charge in [0.2, 0.25) is 5.91 Å². The van der Waals surface area contributed by atoms with Crippen molar-refractivity contribution in [1.29, 1.82) is 0 Å². The van der Waals surface area contributed by atoms with Crippen LogP contribution >= 0.6 is 0 Å². The van der Waals surface area contributed by atoms with Gasteiger partial charge in [-0.25, -0.2) is 0 Å². The number of nitrogens with zero attached hydrogens (tertiary/aromatic N) is 2. The number of amides is 2. The molecule has 7 heteroatoms. The number of nitrogen functional groups attached to an aromatic ring is 1. The lowest BCUT2D eigenvalue weighted by Gasteiger charge is -2.22. The molecule has 0 unspecified atom stereocenters. The first-order chi connectivity index (χ1) is 8.83. The molecule has 1 heterocycles. The number of rotatable bonds is 5. The second-order valence-corrected chi connectivity index (χ2v) is 4.91. The number of aryl methyl sites for hydroxylation is 1.